The molecule has 16 nitrogen and oxygen atoms in total. The van der Waals surface area contributed by atoms with E-state index in [0.29, 0.717) is 0 Å². The van der Waals surface area contributed by atoms with Crippen molar-refractivity contribution < 1.29 is 55.6 Å². The standard InChI is InChI=1S/C14H6N2O14S2.2Na/c17-11-5(31(25,26)27)1-3(15(21)22)7-9(11)14(20)10-8(13(7)19)4(16(23)24)2-6(12(10)18)32(28,29)30;;/h1-2,17-18H,(H,25,26,27)(H,28,29,30);;. The summed E-state index contributed by atoms with van der Waals surface area (Å²) in [4.78, 5) is 42.7. The Labute approximate surface area is 232 Å². The Balaban J connectivity index is 0.00000289. The van der Waals surface area contributed by atoms with Crippen molar-refractivity contribution in [1.29, 1.82) is 0 Å². The van der Waals surface area contributed by atoms with Crippen LogP contribution in [0.25, 0.3) is 0 Å². The largest absolute Gasteiger partial charge is 0.506 e. The van der Waals surface area contributed by atoms with E-state index in [1.165, 1.54) is 0 Å². The molecule has 2 radical (unpaired) electrons. The van der Waals surface area contributed by atoms with Gasteiger partial charge in [0, 0.05) is 71.2 Å². The van der Waals surface area contributed by atoms with E-state index in [1.54, 1.807) is 0 Å². The number of ketones is 2. The Hall–Kier alpha value is -2.00. The third-order valence-electron chi connectivity index (χ3n) is 4.35. The number of nitrogens with zero attached hydrogens (tertiary/aromatic N) is 2. The van der Waals surface area contributed by atoms with Gasteiger partial charge in [-0.2, -0.15) is 16.8 Å². The number of rotatable bonds is 4. The summed E-state index contributed by atoms with van der Waals surface area (Å²) < 4.78 is 64.3. The van der Waals surface area contributed by atoms with Crippen LogP contribution in [0.4, 0.5) is 11.4 Å². The van der Waals surface area contributed by atoms with E-state index >= 15 is 0 Å². The van der Waals surface area contributed by atoms with Gasteiger partial charge in [0.15, 0.2) is 0 Å². The molecule has 0 spiro atoms. The van der Waals surface area contributed by atoms with Crippen LogP contribution in [-0.4, -0.2) is 117 Å². The molecule has 2 aromatic rings. The Bertz CT molecular complexity index is 1420. The SMILES string of the molecule is O=C1c2c([N+](=O)[O-])cc(S(=O)(=O)O)c(O)c2C(=O)c2c(O)c(S(=O)(=O)O)cc([N+](=O)[O-])c21.[Na].[Na]. The summed E-state index contributed by atoms with van der Waals surface area (Å²) in [6, 6.07) is 0.0514. The first kappa shape index (κ1) is 30.0. The van der Waals surface area contributed by atoms with Gasteiger partial charge >= 0.3 is 0 Å². The molecular formula is C14H6N2Na2O14S2. The number of carbonyl (C=O) groups is 2. The van der Waals surface area contributed by atoms with Crippen LogP contribution in [-0.2, 0) is 20.2 Å². The second-order valence-corrected chi connectivity index (χ2v) is 8.89. The second-order valence-electron chi connectivity index (χ2n) is 6.11. The number of carbonyl (C=O) groups excluding carboxylic acids is 2. The zero-order valence-electron chi connectivity index (χ0n) is 16.7. The summed E-state index contributed by atoms with van der Waals surface area (Å²) in [5, 5.41) is 43.1. The number of hydrogen-bond donors (Lipinski definition) is 4. The van der Waals surface area contributed by atoms with Crippen LogP contribution >= 0.6 is 0 Å². The van der Waals surface area contributed by atoms with E-state index in [2.05, 4.69) is 0 Å². The molecule has 0 amide bonds. The van der Waals surface area contributed by atoms with Gasteiger partial charge in [-0.3, -0.25) is 38.9 Å². The maximum absolute atomic E-state index is 12.9. The average molecular weight is 536 g/mol. The van der Waals surface area contributed by atoms with Crippen molar-refractivity contribution in [3.8, 4) is 11.5 Å². The van der Waals surface area contributed by atoms with Gasteiger partial charge in [0.1, 0.15) is 32.4 Å². The first-order valence-electron chi connectivity index (χ1n) is 7.63. The number of nitro groups is 2. The summed E-state index contributed by atoms with van der Waals surface area (Å²) in [7, 11) is -10.9. The molecule has 0 bridgehead atoms. The first-order valence-corrected chi connectivity index (χ1v) is 10.5. The molecule has 1 aliphatic carbocycles. The van der Waals surface area contributed by atoms with E-state index in [-0.39, 0.29) is 71.2 Å². The van der Waals surface area contributed by atoms with Gasteiger partial charge in [-0.05, 0) is 0 Å². The fourth-order valence-electron chi connectivity index (χ4n) is 3.10. The molecule has 0 aliphatic heterocycles. The number of nitro benzene ring substituents is 2. The van der Waals surface area contributed by atoms with Crippen molar-refractivity contribution in [3.05, 3.63) is 54.6 Å². The van der Waals surface area contributed by atoms with Gasteiger partial charge in [0.25, 0.3) is 31.6 Å². The predicted octanol–water partition coefficient (Wildman–Crippen LogP) is -0.579. The van der Waals surface area contributed by atoms with Crippen molar-refractivity contribution >= 4 is 102 Å². The monoisotopic (exact) mass is 536 g/mol. The average Bonchev–Trinajstić information content (AvgIpc) is 2.62. The number of hydrogen-bond acceptors (Lipinski definition) is 12. The van der Waals surface area contributed by atoms with Crippen molar-refractivity contribution in [3.63, 3.8) is 0 Å². The fraction of sp³-hybridized carbons (Fsp3) is 0. The number of aromatic hydroxyl groups is 2. The molecule has 0 heterocycles. The van der Waals surface area contributed by atoms with Crippen LogP contribution in [0.15, 0.2) is 21.9 Å². The van der Waals surface area contributed by atoms with Crippen LogP contribution in [0.5, 0.6) is 11.5 Å². The van der Waals surface area contributed by atoms with Crippen LogP contribution in [0.1, 0.15) is 31.8 Å². The van der Waals surface area contributed by atoms with Gasteiger partial charge in [-0.1, -0.05) is 0 Å². The van der Waals surface area contributed by atoms with E-state index < -0.39 is 96.6 Å². The quantitative estimate of drug-likeness (QED) is 0.141. The van der Waals surface area contributed by atoms with Crippen molar-refractivity contribution in [1.82, 2.24) is 0 Å². The third-order valence-corrected chi connectivity index (χ3v) is 6.08. The van der Waals surface area contributed by atoms with Crippen molar-refractivity contribution in [2.45, 2.75) is 9.79 Å². The van der Waals surface area contributed by atoms with Gasteiger partial charge < -0.3 is 10.2 Å². The number of phenolic OH excluding ortho intramolecular Hbond substituents is 2. The first-order chi connectivity index (χ1) is 14.5. The summed E-state index contributed by atoms with van der Waals surface area (Å²) in [5.41, 5.74) is -8.47. The van der Waals surface area contributed by atoms with E-state index in [1.807, 2.05) is 0 Å². The van der Waals surface area contributed by atoms with Crippen LogP contribution in [0, 0.1) is 20.2 Å². The number of fused-ring (bicyclic) bond motifs is 2. The van der Waals surface area contributed by atoms with Gasteiger partial charge in [-0.25, -0.2) is 0 Å². The summed E-state index contributed by atoms with van der Waals surface area (Å²) in [6.45, 7) is 0. The molecular weight excluding hydrogens is 530 g/mol. The molecule has 0 fully saturated rings. The Morgan fingerprint density at radius 2 is 0.912 bits per heavy atom. The Morgan fingerprint density at radius 3 is 1.15 bits per heavy atom. The number of phenols is 2. The molecule has 20 heteroatoms. The predicted molar refractivity (Wildman–Crippen MR) is 108 cm³/mol. The molecule has 3 rings (SSSR count). The molecule has 0 saturated heterocycles. The minimum absolute atomic E-state index is 0. The minimum atomic E-state index is -5.43. The summed E-state index contributed by atoms with van der Waals surface area (Å²) in [6.07, 6.45) is 0. The summed E-state index contributed by atoms with van der Waals surface area (Å²) in [5.74, 6) is -6.94. The molecule has 1 aliphatic rings. The van der Waals surface area contributed by atoms with E-state index in [0.717, 1.165) is 0 Å². The van der Waals surface area contributed by atoms with Crippen LogP contribution < -0.4 is 0 Å². The third kappa shape index (κ3) is 4.61. The minimum Gasteiger partial charge on any atom is -0.506 e. The number of benzene rings is 2. The molecule has 0 saturated carbocycles. The maximum Gasteiger partial charge on any atom is 0.298 e. The molecule has 0 unspecified atom stereocenters. The molecule has 34 heavy (non-hydrogen) atoms. The van der Waals surface area contributed by atoms with Gasteiger partial charge in [-0.15, -0.1) is 0 Å². The molecule has 170 valence electrons. The zero-order valence-corrected chi connectivity index (χ0v) is 22.4. The van der Waals surface area contributed by atoms with Crippen LogP contribution in [0.2, 0.25) is 0 Å². The van der Waals surface area contributed by atoms with E-state index in [9.17, 15) is 66.0 Å². The fourth-order valence-corrected chi connectivity index (χ4v) is 4.32. The Morgan fingerprint density at radius 1 is 0.647 bits per heavy atom. The van der Waals surface area contributed by atoms with Crippen molar-refractivity contribution in [2.24, 2.45) is 0 Å². The molecule has 0 atom stereocenters. The van der Waals surface area contributed by atoms with Gasteiger partial charge in [0.2, 0.25) is 11.6 Å². The second kappa shape index (κ2) is 9.57. The topological polar surface area (TPSA) is 270 Å². The van der Waals surface area contributed by atoms with Crippen molar-refractivity contribution in [2.75, 3.05) is 0 Å². The zero-order chi connectivity index (χ0) is 24.5. The maximum atomic E-state index is 12.9. The van der Waals surface area contributed by atoms with E-state index in [4.69, 9.17) is 0 Å². The van der Waals surface area contributed by atoms with Crippen LogP contribution in [0.3, 0.4) is 0 Å². The van der Waals surface area contributed by atoms with Gasteiger partial charge in [0.05, 0.1) is 21.0 Å². The Kier molecular flexibility index (Phi) is 8.45. The summed E-state index contributed by atoms with van der Waals surface area (Å²) >= 11 is 0. The normalized spacial score (nSPS) is 12.6. The molecule has 0 aromatic heterocycles. The molecule has 4 N–H and O–H groups in total. The molecule has 2 aromatic carbocycles. The smallest absolute Gasteiger partial charge is 0.298 e.